The highest BCUT2D eigenvalue weighted by Gasteiger charge is 2.28. The molecule has 5 heteroatoms. The van der Waals surface area contributed by atoms with Gasteiger partial charge in [-0.3, -0.25) is 0 Å². The Hall–Kier alpha value is -0.910. The fraction of sp³-hybridized carbons (Fsp3) is 0.571. The van der Waals surface area contributed by atoms with Crippen LogP contribution in [0.25, 0.3) is 0 Å². The molecule has 0 amide bonds. The Morgan fingerprint density at radius 1 is 1.26 bits per heavy atom. The van der Waals surface area contributed by atoms with E-state index in [1.807, 2.05) is 26.0 Å². The van der Waals surface area contributed by atoms with Crippen LogP contribution in [0.4, 0.5) is 0 Å². The van der Waals surface area contributed by atoms with E-state index in [4.69, 9.17) is 0 Å². The molecule has 2 rings (SSSR count). The maximum Gasteiger partial charge on any atom is 0.243 e. The fourth-order valence-electron chi connectivity index (χ4n) is 2.46. The average Bonchev–Trinajstić information content (AvgIpc) is 2.92. The zero-order chi connectivity index (χ0) is 13.9. The van der Waals surface area contributed by atoms with Crippen LogP contribution in [0.1, 0.15) is 30.9 Å². The standard InChI is InChI=1S/C14H22N2O2S/c1-3-15-11-13-7-6-8-14(12(13)2)19(17,18)16-9-4-5-10-16/h6-8,15H,3-5,9-11H2,1-2H3. The smallest absolute Gasteiger partial charge is 0.243 e. The van der Waals surface area contributed by atoms with E-state index >= 15 is 0 Å². The first-order chi connectivity index (χ1) is 9.07. The molecule has 1 saturated heterocycles. The third-order valence-electron chi connectivity index (χ3n) is 3.64. The summed E-state index contributed by atoms with van der Waals surface area (Å²) < 4.78 is 26.8. The predicted octanol–water partition coefficient (Wildman–Crippen LogP) is 1.89. The molecule has 0 saturated carbocycles. The second-order valence-corrected chi connectivity index (χ2v) is 6.84. The van der Waals surface area contributed by atoms with Gasteiger partial charge in [0.2, 0.25) is 10.0 Å². The number of nitrogens with one attached hydrogen (secondary N) is 1. The molecule has 1 N–H and O–H groups in total. The van der Waals surface area contributed by atoms with E-state index < -0.39 is 10.0 Å². The van der Waals surface area contributed by atoms with Gasteiger partial charge in [-0.1, -0.05) is 19.1 Å². The molecule has 0 aromatic heterocycles. The lowest BCUT2D eigenvalue weighted by atomic mass is 10.1. The molecule has 1 aliphatic rings. The molecule has 1 aromatic carbocycles. The Kier molecular flexibility index (Phi) is 4.60. The quantitative estimate of drug-likeness (QED) is 0.897. The monoisotopic (exact) mass is 282 g/mol. The Morgan fingerprint density at radius 2 is 1.95 bits per heavy atom. The summed E-state index contributed by atoms with van der Waals surface area (Å²) in [5.74, 6) is 0. The van der Waals surface area contributed by atoms with Crippen LogP contribution < -0.4 is 5.32 Å². The van der Waals surface area contributed by atoms with Crippen LogP contribution in [0.3, 0.4) is 0 Å². The summed E-state index contributed by atoms with van der Waals surface area (Å²) in [6.45, 7) is 6.84. The minimum absolute atomic E-state index is 0.463. The molecule has 0 aliphatic carbocycles. The van der Waals surface area contributed by atoms with Gasteiger partial charge in [-0.05, 0) is 43.5 Å². The van der Waals surface area contributed by atoms with Gasteiger partial charge in [0.1, 0.15) is 0 Å². The number of sulfonamides is 1. The molecule has 0 atom stereocenters. The fourth-order valence-corrected chi connectivity index (χ4v) is 4.24. The van der Waals surface area contributed by atoms with Crippen LogP contribution in [-0.2, 0) is 16.6 Å². The van der Waals surface area contributed by atoms with Gasteiger partial charge in [-0.2, -0.15) is 4.31 Å². The largest absolute Gasteiger partial charge is 0.313 e. The van der Waals surface area contributed by atoms with Gasteiger partial charge >= 0.3 is 0 Å². The Balaban J connectivity index is 2.33. The Bertz CT molecular complexity index is 534. The van der Waals surface area contributed by atoms with E-state index in [1.54, 1.807) is 10.4 Å². The second kappa shape index (κ2) is 6.03. The van der Waals surface area contributed by atoms with Gasteiger partial charge < -0.3 is 5.32 Å². The Morgan fingerprint density at radius 3 is 2.58 bits per heavy atom. The lowest BCUT2D eigenvalue weighted by molar-refractivity contribution is 0.477. The van der Waals surface area contributed by atoms with Gasteiger partial charge in [-0.15, -0.1) is 0 Å². The zero-order valence-electron chi connectivity index (χ0n) is 11.6. The first kappa shape index (κ1) is 14.5. The highest BCUT2D eigenvalue weighted by Crippen LogP contribution is 2.25. The summed E-state index contributed by atoms with van der Waals surface area (Å²) in [4.78, 5) is 0.463. The molecule has 0 bridgehead atoms. The van der Waals surface area contributed by atoms with E-state index in [0.29, 0.717) is 24.5 Å². The van der Waals surface area contributed by atoms with E-state index in [1.165, 1.54) is 0 Å². The topological polar surface area (TPSA) is 49.4 Å². The molecule has 1 heterocycles. The highest BCUT2D eigenvalue weighted by molar-refractivity contribution is 7.89. The van der Waals surface area contributed by atoms with Crippen molar-refractivity contribution in [1.29, 1.82) is 0 Å². The van der Waals surface area contributed by atoms with E-state index in [9.17, 15) is 8.42 Å². The van der Waals surface area contributed by atoms with Crippen molar-refractivity contribution in [2.75, 3.05) is 19.6 Å². The molecule has 0 spiro atoms. The molecular weight excluding hydrogens is 260 g/mol. The van der Waals surface area contributed by atoms with Crippen molar-refractivity contribution in [1.82, 2.24) is 9.62 Å². The summed E-state index contributed by atoms with van der Waals surface area (Å²) in [6.07, 6.45) is 1.94. The third-order valence-corrected chi connectivity index (χ3v) is 5.69. The van der Waals surface area contributed by atoms with Crippen molar-refractivity contribution < 1.29 is 8.42 Å². The summed E-state index contributed by atoms with van der Waals surface area (Å²) in [6, 6.07) is 5.54. The highest BCUT2D eigenvalue weighted by atomic mass is 32.2. The first-order valence-electron chi connectivity index (χ1n) is 6.86. The first-order valence-corrected chi connectivity index (χ1v) is 8.30. The lowest BCUT2D eigenvalue weighted by Crippen LogP contribution is -2.28. The molecule has 1 fully saturated rings. The van der Waals surface area contributed by atoms with E-state index in [0.717, 1.165) is 30.5 Å². The summed E-state index contributed by atoms with van der Waals surface area (Å²) in [5, 5.41) is 3.25. The van der Waals surface area contributed by atoms with Gasteiger partial charge in [0.25, 0.3) is 0 Å². The van der Waals surface area contributed by atoms with Crippen LogP contribution in [0.15, 0.2) is 23.1 Å². The van der Waals surface area contributed by atoms with Gasteiger partial charge in [0, 0.05) is 19.6 Å². The summed E-state index contributed by atoms with van der Waals surface area (Å²) in [7, 11) is -3.31. The van der Waals surface area contributed by atoms with E-state index in [-0.39, 0.29) is 0 Å². The molecule has 4 nitrogen and oxygen atoms in total. The van der Waals surface area contributed by atoms with Crippen LogP contribution in [0, 0.1) is 6.92 Å². The van der Waals surface area contributed by atoms with Crippen LogP contribution in [-0.4, -0.2) is 32.4 Å². The number of rotatable bonds is 5. The van der Waals surface area contributed by atoms with Gasteiger partial charge in [-0.25, -0.2) is 8.42 Å². The molecule has 106 valence electrons. The number of nitrogens with zero attached hydrogens (tertiary/aromatic N) is 1. The van der Waals surface area contributed by atoms with Crippen LogP contribution in [0.2, 0.25) is 0 Å². The molecule has 0 radical (unpaired) electrons. The summed E-state index contributed by atoms with van der Waals surface area (Å²) in [5.41, 5.74) is 1.93. The van der Waals surface area contributed by atoms with Crippen molar-refractivity contribution in [3.8, 4) is 0 Å². The van der Waals surface area contributed by atoms with Crippen LogP contribution >= 0.6 is 0 Å². The average molecular weight is 282 g/mol. The molecule has 1 aliphatic heterocycles. The van der Waals surface area contributed by atoms with E-state index in [2.05, 4.69) is 5.32 Å². The number of hydrogen-bond acceptors (Lipinski definition) is 3. The van der Waals surface area contributed by atoms with Crippen molar-refractivity contribution >= 4 is 10.0 Å². The molecule has 1 aromatic rings. The minimum Gasteiger partial charge on any atom is -0.313 e. The second-order valence-electron chi connectivity index (χ2n) is 4.93. The normalized spacial score (nSPS) is 16.9. The molecular formula is C14H22N2O2S. The van der Waals surface area contributed by atoms with Crippen molar-refractivity contribution in [2.24, 2.45) is 0 Å². The predicted molar refractivity (Wildman–Crippen MR) is 76.6 cm³/mol. The zero-order valence-corrected chi connectivity index (χ0v) is 12.5. The summed E-state index contributed by atoms with van der Waals surface area (Å²) >= 11 is 0. The van der Waals surface area contributed by atoms with Crippen molar-refractivity contribution in [2.45, 2.75) is 38.1 Å². The third kappa shape index (κ3) is 2.99. The number of benzene rings is 1. The van der Waals surface area contributed by atoms with Gasteiger partial charge in [0.05, 0.1) is 4.90 Å². The SMILES string of the molecule is CCNCc1cccc(S(=O)(=O)N2CCCC2)c1C. The maximum absolute atomic E-state index is 12.6. The number of hydrogen-bond donors (Lipinski definition) is 1. The van der Waals surface area contributed by atoms with Crippen molar-refractivity contribution in [3.05, 3.63) is 29.3 Å². The Labute approximate surface area is 115 Å². The lowest BCUT2D eigenvalue weighted by Gasteiger charge is -2.18. The maximum atomic E-state index is 12.6. The minimum atomic E-state index is -3.31. The molecule has 19 heavy (non-hydrogen) atoms. The van der Waals surface area contributed by atoms with Crippen molar-refractivity contribution in [3.63, 3.8) is 0 Å². The van der Waals surface area contributed by atoms with Gasteiger partial charge in [0.15, 0.2) is 0 Å². The molecule has 0 unspecified atom stereocenters. The van der Waals surface area contributed by atoms with Crippen LogP contribution in [0.5, 0.6) is 0 Å².